The van der Waals surface area contributed by atoms with Crippen molar-refractivity contribution in [2.45, 2.75) is 12.9 Å². The molecule has 0 atom stereocenters. The van der Waals surface area contributed by atoms with Crippen molar-refractivity contribution in [1.29, 1.82) is 0 Å². The highest BCUT2D eigenvalue weighted by Gasteiger charge is 2.31. The number of alkyl halides is 3. The lowest BCUT2D eigenvalue weighted by Crippen LogP contribution is -2.26. The number of hydrogen-bond acceptors (Lipinski definition) is 9. The summed E-state index contributed by atoms with van der Waals surface area (Å²) in [4.78, 5) is 21.1. The first kappa shape index (κ1) is 26.2. The number of nitrogens with zero attached hydrogens (tertiary/aromatic N) is 3. The maximum Gasteiger partial charge on any atom is 0.573 e. The number of imidazole rings is 1. The van der Waals surface area contributed by atoms with Crippen LogP contribution in [0.4, 0.5) is 25.1 Å². The van der Waals surface area contributed by atoms with E-state index in [1.54, 1.807) is 22.8 Å². The van der Waals surface area contributed by atoms with Gasteiger partial charge in [0, 0.05) is 38.1 Å². The van der Waals surface area contributed by atoms with Gasteiger partial charge in [-0.3, -0.25) is 10.1 Å². The number of rotatable bonds is 10. The third-order valence-electron chi connectivity index (χ3n) is 5.10. The van der Waals surface area contributed by atoms with Crippen molar-refractivity contribution in [1.82, 2.24) is 19.9 Å². The Kier molecular flexibility index (Phi) is 7.27. The molecule has 2 aromatic carbocycles. The van der Waals surface area contributed by atoms with Gasteiger partial charge in [-0.25, -0.2) is 13.4 Å². The highest BCUT2D eigenvalue weighted by Crippen LogP contribution is 2.30. The van der Waals surface area contributed by atoms with Crippen LogP contribution in [-0.4, -0.2) is 67.5 Å². The van der Waals surface area contributed by atoms with E-state index in [0.29, 0.717) is 29.7 Å². The van der Waals surface area contributed by atoms with E-state index in [0.717, 1.165) is 18.4 Å². The number of methoxy groups -OCH3 is 1. The molecule has 0 unspecified atom stereocenters. The third kappa shape index (κ3) is 6.68. The Bertz CT molecular complexity index is 1550. The monoisotopic (exact) mass is 541 g/mol. The molecule has 2 heterocycles. The molecule has 37 heavy (non-hydrogen) atoms. The van der Waals surface area contributed by atoms with Crippen LogP contribution in [0.5, 0.6) is 5.75 Å². The van der Waals surface area contributed by atoms with E-state index in [2.05, 4.69) is 25.3 Å². The highest BCUT2D eigenvalue weighted by molar-refractivity contribution is 7.90. The van der Waals surface area contributed by atoms with Crippen LogP contribution in [0, 0.1) is 0 Å². The van der Waals surface area contributed by atoms with Crippen molar-refractivity contribution in [2.24, 2.45) is 0 Å². The number of aryl methyl sites for hydroxylation is 1. The first-order valence-electron chi connectivity index (χ1n) is 10.8. The van der Waals surface area contributed by atoms with E-state index in [9.17, 15) is 26.4 Å². The molecule has 0 aliphatic carbocycles. The summed E-state index contributed by atoms with van der Waals surface area (Å²) in [6.45, 7) is 0.688. The quantitative estimate of drug-likeness (QED) is 0.290. The zero-order chi connectivity index (χ0) is 26.8. The third-order valence-corrected chi connectivity index (χ3v) is 6.02. The van der Waals surface area contributed by atoms with Gasteiger partial charge in [0.25, 0.3) is 5.91 Å². The minimum Gasteiger partial charge on any atom is -0.423 e. The second-order valence-corrected chi connectivity index (χ2v) is 10.3. The molecule has 0 radical (unpaired) electrons. The number of fused-ring (bicyclic) bond motifs is 2. The second kappa shape index (κ2) is 10.3. The Hall–Kier alpha value is -3.85. The smallest absolute Gasteiger partial charge is 0.423 e. The second-order valence-electron chi connectivity index (χ2n) is 7.99. The molecule has 4 rings (SSSR count). The summed E-state index contributed by atoms with van der Waals surface area (Å²) in [5, 5.41) is 5.55. The van der Waals surface area contributed by atoms with Crippen LogP contribution in [0.1, 0.15) is 10.4 Å². The number of oxazole rings is 1. The van der Waals surface area contributed by atoms with Crippen molar-refractivity contribution in [3.05, 3.63) is 42.0 Å². The van der Waals surface area contributed by atoms with E-state index in [-0.39, 0.29) is 41.3 Å². The normalized spacial score (nSPS) is 12.2. The fourth-order valence-electron chi connectivity index (χ4n) is 3.47. The van der Waals surface area contributed by atoms with Crippen molar-refractivity contribution < 1.29 is 40.3 Å². The van der Waals surface area contributed by atoms with Gasteiger partial charge in [-0.05, 0) is 30.3 Å². The number of sulfone groups is 1. The van der Waals surface area contributed by atoms with Gasteiger partial charge in [0.2, 0.25) is 5.95 Å². The Morgan fingerprint density at radius 3 is 2.62 bits per heavy atom. The fourth-order valence-corrected chi connectivity index (χ4v) is 3.98. The zero-order valence-electron chi connectivity index (χ0n) is 19.6. The lowest BCUT2D eigenvalue weighted by atomic mass is 10.2. The summed E-state index contributed by atoms with van der Waals surface area (Å²) < 4.78 is 77.1. The van der Waals surface area contributed by atoms with Crippen LogP contribution in [-0.2, 0) is 21.1 Å². The molecule has 4 aromatic rings. The lowest BCUT2D eigenvalue weighted by molar-refractivity contribution is -0.274. The Morgan fingerprint density at radius 1 is 1.14 bits per heavy atom. The minimum atomic E-state index is -4.86. The van der Waals surface area contributed by atoms with Gasteiger partial charge in [-0.2, -0.15) is 4.98 Å². The zero-order valence-corrected chi connectivity index (χ0v) is 20.4. The van der Waals surface area contributed by atoms with Gasteiger partial charge in [-0.1, -0.05) is 0 Å². The summed E-state index contributed by atoms with van der Waals surface area (Å²) >= 11 is 0. The van der Waals surface area contributed by atoms with Crippen LogP contribution in [0.25, 0.3) is 22.1 Å². The molecule has 0 aliphatic heterocycles. The molecule has 0 saturated carbocycles. The maximum atomic E-state index is 12.5. The average Bonchev–Trinajstić information content (AvgIpc) is 3.35. The number of aromatic nitrogens is 3. The Morgan fingerprint density at radius 2 is 1.92 bits per heavy atom. The minimum absolute atomic E-state index is 0.0260. The van der Waals surface area contributed by atoms with Crippen LogP contribution < -0.4 is 15.4 Å². The molecule has 0 spiro atoms. The fraction of sp³-hybridized carbons (Fsp3) is 0.318. The van der Waals surface area contributed by atoms with Crippen molar-refractivity contribution >= 4 is 49.8 Å². The molecule has 198 valence electrons. The predicted octanol–water partition coefficient (Wildman–Crippen LogP) is 3.24. The van der Waals surface area contributed by atoms with Gasteiger partial charge >= 0.3 is 12.4 Å². The summed E-state index contributed by atoms with van der Waals surface area (Å²) in [5.41, 5.74) is 1.55. The SMILES string of the molecule is COCCNC(=O)c1ccc2c(c1)nc(Nc1nc3ccc(OC(F)(F)F)cc3o1)n2CCS(C)(=O)=O. The van der Waals surface area contributed by atoms with Crippen LogP contribution >= 0.6 is 0 Å². The van der Waals surface area contributed by atoms with E-state index in [1.807, 2.05) is 0 Å². The first-order valence-corrected chi connectivity index (χ1v) is 12.9. The topological polar surface area (TPSA) is 138 Å². The molecule has 0 fully saturated rings. The number of carbonyl (C=O) groups is 1. The molecule has 2 aromatic heterocycles. The number of anilines is 2. The predicted molar refractivity (Wildman–Crippen MR) is 128 cm³/mol. The molecule has 11 nitrogen and oxygen atoms in total. The van der Waals surface area contributed by atoms with Gasteiger partial charge in [0.1, 0.15) is 21.1 Å². The van der Waals surface area contributed by atoms with Crippen LogP contribution in [0.2, 0.25) is 0 Å². The molecule has 0 saturated heterocycles. The van der Waals surface area contributed by atoms with E-state index >= 15 is 0 Å². The standard InChI is InChI=1S/C22H22F3N5O6S/c1-34-9-7-26-19(31)13-3-6-17-16(11-13)27-20(30(17)8-10-37(2,32)33)29-21-28-15-5-4-14(12-18(15)35-21)36-22(23,24)25/h3-6,11-12H,7-10H2,1-2H3,(H,26,31)(H,27,28,29). The molecule has 0 bridgehead atoms. The van der Waals surface area contributed by atoms with Crippen molar-refractivity contribution in [3.63, 3.8) is 0 Å². The van der Waals surface area contributed by atoms with Gasteiger partial charge in [0.05, 0.1) is 23.4 Å². The number of amides is 1. The molecule has 1 amide bonds. The number of halogens is 3. The van der Waals surface area contributed by atoms with Crippen LogP contribution in [0.3, 0.4) is 0 Å². The van der Waals surface area contributed by atoms with E-state index in [4.69, 9.17) is 9.15 Å². The van der Waals surface area contributed by atoms with Crippen LogP contribution in [0.15, 0.2) is 40.8 Å². The first-order chi connectivity index (χ1) is 17.4. The average molecular weight is 542 g/mol. The summed E-state index contributed by atoms with van der Waals surface area (Å²) in [7, 11) is -1.81. The maximum absolute atomic E-state index is 12.5. The summed E-state index contributed by atoms with van der Waals surface area (Å²) in [6, 6.07) is 8.11. The van der Waals surface area contributed by atoms with Gasteiger partial charge in [-0.15, -0.1) is 13.2 Å². The Balaban J connectivity index is 1.66. The van der Waals surface area contributed by atoms with Gasteiger partial charge < -0.3 is 23.8 Å². The molecular formula is C22H22F3N5O6S. The molecule has 0 aliphatic rings. The largest absolute Gasteiger partial charge is 0.573 e. The highest BCUT2D eigenvalue weighted by atomic mass is 32.2. The van der Waals surface area contributed by atoms with Crippen molar-refractivity contribution in [3.8, 4) is 5.75 Å². The number of hydrogen-bond donors (Lipinski definition) is 2. The van der Waals surface area contributed by atoms with Gasteiger partial charge in [0.15, 0.2) is 5.58 Å². The lowest BCUT2D eigenvalue weighted by Gasteiger charge is -2.09. The van der Waals surface area contributed by atoms with Crippen molar-refractivity contribution in [2.75, 3.05) is 37.6 Å². The van der Waals surface area contributed by atoms with E-state index in [1.165, 1.54) is 13.2 Å². The summed E-state index contributed by atoms with van der Waals surface area (Å²) in [6.07, 6.45) is -3.76. The molecular weight excluding hydrogens is 519 g/mol. The molecule has 2 N–H and O–H groups in total. The number of benzene rings is 2. The van der Waals surface area contributed by atoms with E-state index < -0.39 is 21.9 Å². The Labute approximate surface area is 208 Å². The molecule has 15 heteroatoms. The number of ether oxygens (including phenoxy) is 2. The number of carbonyl (C=O) groups excluding carboxylic acids is 1. The summed E-state index contributed by atoms with van der Waals surface area (Å²) in [5.74, 6) is -0.846. The number of nitrogens with one attached hydrogen (secondary N) is 2.